The van der Waals surface area contributed by atoms with Crippen molar-refractivity contribution < 1.29 is 13.2 Å². The van der Waals surface area contributed by atoms with E-state index in [0.29, 0.717) is 27.3 Å². The summed E-state index contributed by atoms with van der Waals surface area (Å²) >= 11 is 2.51. The van der Waals surface area contributed by atoms with Gasteiger partial charge in [0.25, 0.3) is 10.0 Å². The molecule has 0 bridgehead atoms. The van der Waals surface area contributed by atoms with Gasteiger partial charge in [0.2, 0.25) is 11.0 Å². The molecule has 148 valence electrons. The summed E-state index contributed by atoms with van der Waals surface area (Å²) in [5.74, 6) is -0.227. The van der Waals surface area contributed by atoms with Gasteiger partial charge >= 0.3 is 0 Å². The molecule has 1 aliphatic rings. The molecule has 2 aromatic rings. The van der Waals surface area contributed by atoms with Gasteiger partial charge in [-0.25, -0.2) is 8.42 Å². The van der Waals surface area contributed by atoms with E-state index in [9.17, 15) is 13.2 Å². The van der Waals surface area contributed by atoms with Crippen molar-refractivity contribution in [1.29, 1.82) is 0 Å². The fraction of sp³-hybridized carbons (Fsp3) is 0.588. The lowest BCUT2D eigenvalue weighted by atomic mass is 9.98. The fourth-order valence-electron chi connectivity index (χ4n) is 2.72. The normalized spacial score (nSPS) is 16.4. The summed E-state index contributed by atoms with van der Waals surface area (Å²) in [6, 6.07) is 3.31. The highest BCUT2D eigenvalue weighted by Crippen LogP contribution is 2.29. The SMILES string of the molecule is CC(C)(C)c1nnc(NC(=O)Cc2ccc(S(=O)(=O)N3CCCCC3)s2)s1. The summed E-state index contributed by atoms with van der Waals surface area (Å²) in [7, 11) is -3.45. The van der Waals surface area contributed by atoms with Gasteiger partial charge < -0.3 is 5.32 Å². The lowest BCUT2D eigenvalue weighted by Gasteiger charge is -2.25. The molecule has 0 spiro atoms. The van der Waals surface area contributed by atoms with Crippen LogP contribution in [0, 0.1) is 0 Å². The van der Waals surface area contributed by atoms with Gasteiger partial charge in [0.1, 0.15) is 9.22 Å². The maximum Gasteiger partial charge on any atom is 0.252 e. The number of carbonyl (C=O) groups is 1. The Balaban J connectivity index is 1.63. The molecule has 1 N–H and O–H groups in total. The van der Waals surface area contributed by atoms with Gasteiger partial charge in [-0.15, -0.1) is 21.5 Å². The first kappa shape index (κ1) is 20.4. The number of aromatic nitrogens is 2. The predicted octanol–water partition coefficient (Wildman–Crippen LogP) is 3.25. The summed E-state index contributed by atoms with van der Waals surface area (Å²) in [5.41, 5.74) is -0.119. The minimum atomic E-state index is -3.45. The van der Waals surface area contributed by atoms with Gasteiger partial charge in [0, 0.05) is 23.4 Å². The Morgan fingerprint density at radius 3 is 2.48 bits per heavy atom. The molecule has 0 unspecified atom stereocenters. The standard InChI is InChI=1S/C17H24N4O3S3/c1-17(2,3)15-19-20-16(26-15)18-13(22)11-12-7-8-14(25-12)27(23,24)21-9-5-4-6-10-21/h7-8H,4-6,9-11H2,1-3H3,(H,18,20,22). The van der Waals surface area contributed by atoms with E-state index in [4.69, 9.17) is 0 Å². The van der Waals surface area contributed by atoms with Crippen LogP contribution in [0.5, 0.6) is 0 Å². The van der Waals surface area contributed by atoms with Crippen molar-refractivity contribution in [3.8, 4) is 0 Å². The molecule has 1 saturated heterocycles. The molecule has 3 heterocycles. The average molecular weight is 429 g/mol. The number of hydrogen-bond acceptors (Lipinski definition) is 7. The quantitative estimate of drug-likeness (QED) is 0.789. The molecule has 3 rings (SSSR count). The summed E-state index contributed by atoms with van der Waals surface area (Å²) in [6.45, 7) is 7.26. The smallest absolute Gasteiger partial charge is 0.252 e. The Bertz CT molecular complexity index is 906. The van der Waals surface area contributed by atoms with Crippen LogP contribution in [0.15, 0.2) is 16.3 Å². The van der Waals surface area contributed by atoms with Crippen LogP contribution in [0.25, 0.3) is 0 Å². The highest BCUT2D eigenvalue weighted by Gasteiger charge is 2.27. The number of carbonyl (C=O) groups excluding carboxylic acids is 1. The van der Waals surface area contributed by atoms with Crippen LogP contribution in [0.3, 0.4) is 0 Å². The molecule has 1 amide bonds. The van der Waals surface area contributed by atoms with E-state index in [2.05, 4.69) is 15.5 Å². The van der Waals surface area contributed by atoms with Gasteiger partial charge in [0.15, 0.2) is 0 Å². The molecule has 0 saturated carbocycles. The monoisotopic (exact) mass is 428 g/mol. The molecule has 0 aliphatic carbocycles. The molecular weight excluding hydrogens is 404 g/mol. The predicted molar refractivity (Wildman–Crippen MR) is 108 cm³/mol. The van der Waals surface area contributed by atoms with Gasteiger partial charge in [0.05, 0.1) is 6.42 Å². The molecule has 0 atom stereocenters. The molecular formula is C17H24N4O3S3. The zero-order valence-corrected chi connectivity index (χ0v) is 18.1. The van der Waals surface area contributed by atoms with Crippen LogP contribution >= 0.6 is 22.7 Å². The van der Waals surface area contributed by atoms with Crippen LogP contribution in [0.2, 0.25) is 0 Å². The first-order chi connectivity index (χ1) is 12.7. The molecule has 0 aromatic carbocycles. The molecule has 7 nitrogen and oxygen atoms in total. The minimum Gasteiger partial charge on any atom is -0.300 e. The van der Waals surface area contributed by atoms with E-state index in [-0.39, 0.29) is 17.7 Å². The van der Waals surface area contributed by atoms with E-state index in [1.807, 2.05) is 20.8 Å². The van der Waals surface area contributed by atoms with Gasteiger partial charge in [-0.3, -0.25) is 4.79 Å². The number of amides is 1. The van der Waals surface area contributed by atoms with Crippen molar-refractivity contribution in [2.45, 2.75) is 56.1 Å². The number of rotatable bonds is 5. The van der Waals surface area contributed by atoms with E-state index < -0.39 is 10.0 Å². The molecule has 0 radical (unpaired) electrons. The van der Waals surface area contributed by atoms with Crippen molar-refractivity contribution in [2.24, 2.45) is 0 Å². The zero-order chi connectivity index (χ0) is 19.7. The number of nitrogens with one attached hydrogen (secondary N) is 1. The minimum absolute atomic E-state index is 0.116. The number of sulfonamides is 1. The lowest BCUT2D eigenvalue weighted by molar-refractivity contribution is -0.115. The first-order valence-electron chi connectivity index (χ1n) is 8.89. The highest BCUT2D eigenvalue weighted by atomic mass is 32.2. The number of anilines is 1. The van der Waals surface area contributed by atoms with Crippen LogP contribution < -0.4 is 5.32 Å². The fourth-order valence-corrected chi connectivity index (χ4v) is 6.57. The van der Waals surface area contributed by atoms with Crippen LogP contribution in [-0.4, -0.2) is 41.9 Å². The Labute approximate surface area is 167 Å². The molecule has 1 aliphatic heterocycles. The van der Waals surface area contributed by atoms with E-state index in [1.165, 1.54) is 11.3 Å². The van der Waals surface area contributed by atoms with E-state index >= 15 is 0 Å². The van der Waals surface area contributed by atoms with Crippen LogP contribution in [0.4, 0.5) is 5.13 Å². The van der Waals surface area contributed by atoms with Gasteiger partial charge in [-0.2, -0.15) is 4.31 Å². The summed E-state index contributed by atoms with van der Waals surface area (Å²) in [5, 5.41) is 12.2. The lowest BCUT2D eigenvalue weighted by Crippen LogP contribution is -2.35. The van der Waals surface area contributed by atoms with Crippen molar-refractivity contribution in [3.63, 3.8) is 0 Å². The number of nitrogens with zero attached hydrogens (tertiary/aromatic N) is 3. The molecule has 1 fully saturated rings. The van der Waals surface area contributed by atoms with Crippen LogP contribution in [-0.2, 0) is 26.7 Å². The second kappa shape index (κ2) is 7.94. The molecule has 2 aromatic heterocycles. The van der Waals surface area contributed by atoms with Crippen molar-refractivity contribution in [2.75, 3.05) is 18.4 Å². The highest BCUT2D eigenvalue weighted by molar-refractivity contribution is 7.91. The number of hydrogen-bond donors (Lipinski definition) is 1. The third-order valence-corrected chi connectivity index (χ3v) is 8.91. The number of piperidine rings is 1. The largest absolute Gasteiger partial charge is 0.300 e. The maximum atomic E-state index is 12.7. The summed E-state index contributed by atoms with van der Waals surface area (Å²) < 4.78 is 27.2. The Kier molecular flexibility index (Phi) is 5.99. The summed E-state index contributed by atoms with van der Waals surface area (Å²) in [4.78, 5) is 13.0. The van der Waals surface area contributed by atoms with Crippen LogP contribution in [0.1, 0.15) is 49.9 Å². The topological polar surface area (TPSA) is 92.3 Å². The second-order valence-electron chi connectivity index (χ2n) is 7.57. The Hall–Kier alpha value is -1.36. The van der Waals surface area contributed by atoms with Gasteiger partial charge in [-0.1, -0.05) is 38.5 Å². The Morgan fingerprint density at radius 2 is 1.85 bits per heavy atom. The van der Waals surface area contributed by atoms with E-state index in [0.717, 1.165) is 35.6 Å². The second-order valence-corrected chi connectivity index (χ2v) is 11.9. The third kappa shape index (κ3) is 4.92. The number of thiophene rings is 1. The van der Waals surface area contributed by atoms with Crippen molar-refractivity contribution >= 4 is 43.7 Å². The zero-order valence-electron chi connectivity index (χ0n) is 15.7. The van der Waals surface area contributed by atoms with Crippen molar-refractivity contribution in [1.82, 2.24) is 14.5 Å². The Morgan fingerprint density at radius 1 is 1.15 bits per heavy atom. The maximum absolute atomic E-state index is 12.7. The van der Waals surface area contributed by atoms with Gasteiger partial charge in [-0.05, 0) is 25.0 Å². The molecule has 27 heavy (non-hydrogen) atoms. The first-order valence-corrected chi connectivity index (χ1v) is 12.0. The summed E-state index contributed by atoms with van der Waals surface area (Å²) in [6.07, 6.45) is 2.99. The van der Waals surface area contributed by atoms with Crippen molar-refractivity contribution in [3.05, 3.63) is 22.0 Å². The third-order valence-electron chi connectivity index (χ3n) is 4.19. The molecule has 10 heteroatoms. The average Bonchev–Trinajstić information content (AvgIpc) is 3.25. The van der Waals surface area contributed by atoms with E-state index in [1.54, 1.807) is 16.4 Å².